The monoisotopic (exact) mass is 380 g/mol. The highest BCUT2D eigenvalue weighted by atomic mass is 32.2. The summed E-state index contributed by atoms with van der Waals surface area (Å²) < 4.78 is 28.2. The second-order valence-electron chi connectivity index (χ2n) is 7.20. The summed E-state index contributed by atoms with van der Waals surface area (Å²) in [5, 5.41) is 2.94. The molecule has 0 bridgehead atoms. The number of carbonyl (C=O) groups is 1. The van der Waals surface area contributed by atoms with Crippen molar-refractivity contribution in [3.05, 3.63) is 29.8 Å². The van der Waals surface area contributed by atoms with Crippen LogP contribution in [0.3, 0.4) is 0 Å². The second-order valence-corrected chi connectivity index (χ2v) is 9.43. The lowest BCUT2D eigenvalue weighted by atomic mass is 10.0. The van der Waals surface area contributed by atoms with Crippen LogP contribution < -0.4 is 10.2 Å². The summed E-state index contributed by atoms with van der Waals surface area (Å²) in [5.41, 5.74) is 2.17. The van der Waals surface area contributed by atoms with Crippen molar-refractivity contribution in [1.82, 2.24) is 5.32 Å². The molecule has 26 heavy (non-hydrogen) atoms. The predicted molar refractivity (Wildman–Crippen MR) is 102 cm³/mol. The Bertz CT molecular complexity index is 697. The van der Waals surface area contributed by atoms with Crippen LogP contribution in [0.25, 0.3) is 0 Å². The van der Waals surface area contributed by atoms with Crippen molar-refractivity contribution in [2.75, 3.05) is 49.3 Å². The van der Waals surface area contributed by atoms with Crippen LogP contribution in [0, 0.1) is 5.92 Å². The van der Waals surface area contributed by atoms with E-state index in [1.54, 1.807) is 0 Å². The van der Waals surface area contributed by atoms with E-state index in [0.717, 1.165) is 51.1 Å². The smallest absolute Gasteiger partial charge is 0.224 e. The molecule has 2 fully saturated rings. The van der Waals surface area contributed by atoms with Gasteiger partial charge in [0.2, 0.25) is 5.91 Å². The third kappa shape index (κ3) is 5.71. The zero-order chi connectivity index (χ0) is 18.4. The lowest BCUT2D eigenvalue weighted by Gasteiger charge is -2.28. The highest BCUT2D eigenvalue weighted by Gasteiger charge is 2.27. The average Bonchev–Trinajstić information content (AvgIpc) is 2.99. The third-order valence-electron chi connectivity index (χ3n) is 5.12. The SMILES string of the molecule is O=C(Cc1ccc(N2CCOCC2)cc1)NCCCC1CCS(=O)(=O)C1. The molecule has 144 valence electrons. The molecule has 2 aliphatic heterocycles. The van der Waals surface area contributed by atoms with Crippen molar-refractivity contribution < 1.29 is 17.9 Å². The lowest BCUT2D eigenvalue weighted by molar-refractivity contribution is -0.120. The molecule has 2 aliphatic rings. The van der Waals surface area contributed by atoms with Gasteiger partial charge >= 0.3 is 0 Å². The number of ether oxygens (including phenoxy) is 1. The van der Waals surface area contributed by atoms with Crippen LogP contribution >= 0.6 is 0 Å². The average molecular weight is 381 g/mol. The molecule has 1 amide bonds. The lowest BCUT2D eigenvalue weighted by Crippen LogP contribution is -2.36. The van der Waals surface area contributed by atoms with Gasteiger partial charge in [0.05, 0.1) is 31.1 Å². The molecule has 0 aromatic heterocycles. The Kier molecular flexibility index (Phi) is 6.53. The summed E-state index contributed by atoms with van der Waals surface area (Å²) in [6.45, 7) is 3.94. The molecule has 7 heteroatoms. The van der Waals surface area contributed by atoms with Crippen molar-refractivity contribution >= 4 is 21.4 Å². The van der Waals surface area contributed by atoms with Crippen molar-refractivity contribution in [3.63, 3.8) is 0 Å². The number of anilines is 1. The Balaban J connectivity index is 1.35. The van der Waals surface area contributed by atoms with Crippen LogP contribution in [-0.2, 0) is 25.8 Å². The number of hydrogen-bond donors (Lipinski definition) is 1. The quantitative estimate of drug-likeness (QED) is 0.724. The number of rotatable bonds is 7. The minimum atomic E-state index is -2.80. The fraction of sp³-hybridized carbons (Fsp3) is 0.632. The number of morpholine rings is 1. The van der Waals surface area contributed by atoms with Gasteiger partial charge in [-0.15, -0.1) is 0 Å². The molecule has 0 aliphatic carbocycles. The fourth-order valence-electron chi connectivity index (χ4n) is 3.61. The topological polar surface area (TPSA) is 75.7 Å². The molecule has 1 atom stereocenters. The molecule has 6 nitrogen and oxygen atoms in total. The van der Waals surface area contributed by atoms with E-state index < -0.39 is 9.84 Å². The molecule has 1 aromatic carbocycles. The largest absolute Gasteiger partial charge is 0.378 e. The fourth-order valence-corrected chi connectivity index (χ4v) is 5.52. The minimum absolute atomic E-state index is 0.0168. The van der Waals surface area contributed by atoms with E-state index in [-0.39, 0.29) is 11.8 Å². The number of nitrogens with zero attached hydrogens (tertiary/aromatic N) is 1. The number of amides is 1. The van der Waals surface area contributed by atoms with Gasteiger partial charge in [-0.1, -0.05) is 12.1 Å². The number of sulfone groups is 1. The Hall–Kier alpha value is -1.60. The molecule has 0 spiro atoms. The molecule has 2 saturated heterocycles. The van der Waals surface area contributed by atoms with Crippen LogP contribution in [0.2, 0.25) is 0 Å². The van der Waals surface area contributed by atoms with E-state index in [1.165, 1.54) is 5.69 Å². The van der Waals surface area contributed by atoms with Gasteiger partial charge in [0.15, 0.2) is 9.84 Å². The van der Waals surface area contributed by atoms with Crippen LogP contribution in [-0.4, -0.2) is 58.7 Å². The second kappa shape index (κ2) is 8.86. The molecule has 1 aromatic rings. The van der Waals surface area contributed by atoms with E-state index >= 15 is 0 Å². The van der Waals surface area contributed by atoms with Gasteiger partial charge in [0.25, 0.3) is 0 Å². The van der Waals surface area contributed by atoms with E-state index in [9.17, 15) is 13.2 Å². The van der Waals surface area contributed by atoms with Crippen LogP contribution in [0.15, 0.2) is 24.3 Å². The summed E-state index contributed by atoms with van der Waals surface area (Å²) >= 11 is 0. The zero-order valence-corrected chi connectivity index (χ0v) is 16.0. The maximum atomic E-state index is 12.1. The molecule has 0 saturated carbocycles. The minimum Gasteiger partial charge on any atom is -0.378 e. The Labute approximate surface area is 155 Å². The van der Waals surface area contributed by atoms with Crippen molar-refractivity contribution in [1.29, 1.82) is 0 Å². The van der Waals surface area contributed by atoms with Gasteiger partial charge in [-0.2, -0.15) is 0 Å². The van der Waals surface area contributed by atoms with E-state index in [0.29, 0.717) is 24.5 Å². The molecule has 0 radical (unpaired) electrons. The van der Waals surface area contributed by atoms with Crippen LogP contribution in [0.4, 0.5) is 5.69 Å². The highest BCUT2D eigenvalue weighted by Crippen LogP contribution is 2.22. The zero-order valence-electron chi connectivity index (χ0n) is 15.2. The summed E-state index contributed by atoms with van der Waals surface area (Å²) in [4.78, 5) is 14.4. The Morgan fingerprint density at radius 3 is 2.58 bits per heavy atom. The van der Waals surface area contributed by atoms with Gasteiger partial charge in [0.1, 0.15) is 0 Å². The first kappa shape index (κ1) is 19.2. The van der Waals surface area contributed by atoms with Crippen molar-refractivity contribution in [3.8, 4) is 0 Å². The van der Waals surface area contributed by atoms with Gasteiger partial charge < -0.3 is 15.0 Å². The van der Waals surface area contributed by atoms with E-state index in [1.807, 2.05) is 12.1 Å². The van der Waals surface area contributed by atoms with Crippen molar-refractivity contribution in [2.45, 2.75) is 25.7 Å². The number of nitrogens with one attached hydrogen (secondary N) is 1. The number of benzene rings is 1. The van der Waals surface area contributed by atoms with Crippen molar-refractivity contribution in [2.24, 2.45) is 5.92 Å². The maximum Gasteiger partial charge on any atom is 0.224 e. The predicted octanol–water partition coefficient (Wildman–Crippen LogP) is 1.40. The highest BCUT2D eigenvalue weighted by molar-refractivity contribution is 7.91. The normalized spacial score (nSPS) is 22.3. The maximum absolute atomic E-state index is 12.1. The molecular formula is C19H28N2O4S. The Morgan fingerprint density at radius 1 is 1.19 bits per heavy atom. The van der Waals surface area contributed by atoms with Crippen LogP contribution in [0.1, 0.15) is 24.8 Å². The van der Waals surface area contributed by atoms with E-state index in [2.05, 4.69) is 22.3 Å². The summed E-state index contributed by atoms with van der Waals surface area (Å²) in [5.74, 6) is 0.925. The summed E-state index contributed by atoms with van der Waals surface area (Å²) in [6, 6.07) is 8.14. The van der Waals surface area contributed by atoms with E-state index in [4.69, 9.17) is 4.74 Å². The van der Waals surface area contributed by atoms with Crippen LogP contribution in [0.5, 0.6) is 0 Å². The summed E-state index contributed by atoms with van der Waals surface area (Å²) in [6.07, 6.45) is 2.85. The Morgan fingerprint density at radius 2 is 1.92 bits per heavy atom. The van der Waals surface area contributed by atoms with Gasteiger partial charge in [-0.3, -0.25) is 4.79 Å². The number of hydrogen-bond acceptors (Lipinski definition) is 5. The summed E-state index contributed by atoms with van der Waals surface area (Å²) in [7, 11) is -2.80. The molecule has 3 rings (SSSR count). The first-order valence-corrected chi connectivity index (χ1v) is 11.2. The standard InChI is InChI=1S/C19H28N2O4S/c22-19(20-8-1-2-17-7-13-26(23,24)15-17)14-16-3-5-18(6-4-16)21-9-11-25-12-10-21/h3-6,17H,1-2,7-15H2,(H,20,22). The molecule has 1 unspecified atom stereocenters. The molecule has 1 N–H and O–H groups in total. The third-order valence-corrected chi connectivity index (χ3v) is 6.95. The molecular weight excluding hydrogens is 352 g/mol. The molecule has 2 heterocycles. The van der Waals surface area contributed by atoms with Gasteiger partial charge in [-0.25, -0.2) is 8.42 Å². The number of carbonyl (C=O) groups excluding carboxylic acids is 1. The first-order chi connectivity index (χ1) is 12.5. The first-order valence-electron chi connectivity index (χ1n) is 9.40. The van der Waals surface area contributed by atoms with Gasteiger partial charge in [-0.05, 0) is 42.9 Å². The van der Waals surface area contributed by atoms with Gasteiger partial charge in [0, 0.05) is 25.3 Å².